The van der Waals surface area contributed by atoms with Gasteiger partial charge in [-0.3, -0.25) is 0 Å². The highest BCUT2D eigenvalue weighted by Crippen LogP contribution is 2.27. The van der Waals surface area contributed by atoms with Crippen molar-refractivity contribution < 1.29 is 29.6 Å². The van der Waals surface area contributed by atoms with Gasteiger partial charge in [-0.05, 0) is 6.07 Å². The van der Waals surface area contributed by atoms with Crippen LogP contribution in [-0.4, -0.2) is 40.1 Å². The Morgan fingerprint density at radius 1 is 1.40 bits per heavy atom. The zero-order valence-corrected chi connectivity index (χ0v) is 11.1. The Morgan fingerprint density at radius 2 is 2.10 bits per heavy atom. The molecule has 0 saturated heterocycles. The van der Waals surface area contributed by atoms with Crippen LogP contribution in [-0.2, 0) is 20.9 Å². The average Bonchev–Trinajstić information content (AvgIpc) is 2.73. The van der Waals surface area contributed by atoms with Gasteiger partial charge in [0.1, 0.15) is 12.7 Å². The molecule has 2 atom stereocenters. The molecule has 0 saturated carbocycles. The van der Waals surface area contributed by atoms with Crippen LogP contribution in [0, 0.1) is 0 Å². The molecule has 0 bridgehead atoms. The van der Waals surface area contributed by atoms with E-state index in [2.05, 4.69) is 0 Å². The molecule has 20 heavy (non-hydrogen) atoms. The van der Waals surface area contributed by atoms with Crippen molar-refractivity contribution in [2.75, 3.05) is 6.61 Å². The molecule has 0 aromatic heterocycles. The highest BCUT2D eigenvalue weighted by molar-refractivity contribution is 6.31. The molecule has 1 aliphatic heterocycles. The van der Waals surface area contributed by atoms with Crippen LogP contribution in [0.3, 0.4) is 0 Å². The molecule has 1 aromatic carbocycles. The number of aliphatic hydroxyl groups excluding tert-OH is 3. The van der Waals surface area contributed by atoms with E-state index in [1.54, 1.807) is 24.3 Å². The van der Waals surface area contributed by atoms with Crippen molar-refractivity contribution in [3.63, 3.8) is 0 Å². The van der Waals surface area contributed by atoms with Crippen LogP contribution in [0.15, 0.2) is 35.8 Å². The molecule has 0 amide bonds. The second-order valence-corrected chi connectivity index (χ2v) is 4.58. The summed E-state index contributed by atoms with van der Waals surface area (Å²) in [5, 5.41) is 28.5. The van der Waals surface area contributed by atoms with E-state index in [4.69, 9.17) is 26.2 Å². The quantitative estimate of drug-likeness (QED) is 0.699. The van der Waals surface area contributed by atoms with Crippen molar-refractivity contribution in [2.24, 2.45) is 0 Å². The first-order valence-electron chi connectivity index (χ1n) is 5.83. The number of cyclic esters (lactones) is 1. The van der Waals surface area contributed by atoms with Gasteiger partial charge in [-0.1, -0.05) is 29.8 Å². The summed E-state index contributed by atoms with van der Waals surface area (Å²) in [6.07, 6.45) is -2.60. The first kappa shape index (κ1) is 14.6. The summed E-state index contributed by atoms with van der Waals surface area (Å²) in [4.78, 5) is 11.3. The summed E-state index contributed by atoms with van der Waals surface area (Å²) in [6.45, 7) is -0.644. The smallest absolute Gasteiger partial charge is 0.378 e. The summed E-state index contributed by atoms with van der Waals surface area (Å²) in [7, 11) is 0. The lowest BCUT2D eigenvalue weighted by atomic mass is 10.2. The fourth-order valence-electron chi connectivity index (χ4n) is 1.73. The predicted molar refractivity (Wildman–Crippen MR) is 68.9 cm³/mol. The van der Waals surface area contributed by atoms with Gasteiger partial charge < -0.3 is 24.8 Å². The molecule has 1 aliphatic rings. The van der Waals surface area contributed by atoms with E-state index in [1.165, 1.54) is 0 Å². The molecule has 2 rings (SSSR count). The zero-order valence-electron chi connectivity index (χ0n) is 10.3. The topological polar surface area (TPSA) is 96.2 Å². The van der Waals surface area contributed by atoms with Crippen LogP contribution >= 0.6 is 11.6 Å². The second-order valence-electron chi connectivity index (χ2n) is 4.17. The summed E-state index contributed by atoms with van der Waals surface area (Å²) in [5.74, 6) is -1.93. The number of hydrogen-bond acceptors (Lipinski definition) is 6. The van der Waals surface area contributed by atoms with Gasteiger partial charge in [-0.15, -0.1) is 0 Å². The highest BCUT2D eigenvalue weighted by atomic mass is 35.5. The molecule has 1 aromatic rings. The van der Waals surface area contributed by atoms with Gasteiger partial charge in [0.05, 0.1) is 6.61 Å². The zero-order chi connectivity index (χ0) is 14.7. The number of esters is 1. The van der Waals surface area contributed by atoms with E-state index in [1.807, 2.05) is 0 Å². The Balaban J connectivity index is 2.14. The number of ether oxygens (including phenoxy) is 2. The lowest BCUT2D eigenvalue weighted by molar-refractivity contribution is -0.148. The molecule has 3 N–H and O–H groups in total. The number of carbonyl (C=O) groups excluding carboxylic acids is 1. The molecular formula is C13H13ClO6. The number of rotatable bonds is 5. The Hall–Kier alpha value is -1.76. The van der Waals surface area contributed by atoms with Gasteiger partial charge in [-0.25, -0.2) is 4.79 Å². The lowest BCUT2D eigenvalue weighted by Crippen LogP contribution is -2.32. The third-order valence-corrected chi connectivity index (χ3v) is 3.17. The number of aliphatic hydroxyl groups is 3. The maximum absolute atomic E-state index is 11.3. The summed E-state index contributed by atoms with van der Waals surface area (Å²) < 4.78 is 10.0. The van der Waals surface area contributed by atoms with Crippen molar-refractivity contribution in [2.45, 2.75) is 18.8 Å². The molecule has 0 unspecified atom stereocenters. The van der Waals surface area contributed by atoms with E-state index in [9.17, 15) is 15.0 Å². The van der Waals surface area contributed by atoms with Gasteiger partial charge in [0.25, 0.3) is 0 Å². The van der Waals surface area contributed by atoms with E-state index in [0.717, 1.165) is 0 Å². The van der Waals surface area contributed by atoms with Crippen LogP contribution in [0.4, 0.5) is 0 Å². The van der Waals surface area contributed by atoms with Crippen molar-refractivity contribution in [3.05, 3.63) is 46.4 Å². The molecule has 108 valence electrons. The normalized spacial score (nSPS) is 19.9. The van der Waals surface area contributed by atoms with Crippen LogP contribution in [0.2, 0.25) is 5.02 Å². The van der Waals surface area contributed by atoms with E-state index >= 15 is 0 Å². The minimum absolute atomic E-state index is 0.00957. The first-order chi connectivity index (χ1) is 9.54. The SMILES string of the molecule is O=C1O[C@H]([C@@H](O)CO)C(OCc2ccccc2Cl)=C1O. The largest absolute Gasteiger partial charge is 0.499 e. The van der Waals surface area contributed by atoms with Gasteiger partial charge in [0, 0.05) is 10.6 Å². The summed E-state index contributed by atoms with van der Waals surface area (Å²) in [6, 6.07) is 6.90. The minimum Gasteiger partial charge on any atom is -0.499 e. The number of halogens is 1. The molecule has 0 radical (unpaired) electrons. The van der Waals surface area contributed by atoms with Crippen molar-refractivity contribution in [1.82, 2.24) is 0 Å². The van der Waals surface area contributed by atoms with Crippen LogP contribution in [0.5, 0.6) is 0 Å². The van der Waals surface area contributed by atoms with Crippen molar-refractivity contribution in [1.29, 1.82) is 0 Å². The van der Waals surface area contributed by atoms with Crippen LogP contribution in [0.25, 0.3) is 0 Å². The Labute approximate surface area is 119 Å². The summed E-state index contributed by atoms with van der Waals surface area (Å²) in [5.41, 5.74) is 0.644. The maximum atomic E-state index is 11.3. The van der Waals surface area contributed by atoms with Gasteiger partial charge in [-0.2, -0.15) is 0 Å². The van der Waals surface area contributed by atoms with E-state index in [0.29, 0.717) is 10.6 Å². The van der Waals surface area contributed by atoms with Gasteiger partial charge >= 0.3 is 5.97 Å². The first-order valence-corrected chi connectivity index (χ1v) is 6.21. The Kier molecular flexibility index (Phi) is 4.49. The van der Waals surface area contributed by atoms with E-state index in [-0.39, 0.29) is 12.4 Å². The Bertz CT molecular complexity index is 541. The molecular weight excluding hydrogens is 288 g/mol. The number of benzene rings is 1. The molecule has 1 heterocycles. The average molecular weight is 301 g/mol. The monoisotopic (exact) mass is 300 g/mol. The molecule has 0 fully saturated rings. The number of carbonyl (C=O) groups is 1. The highest BCUT2D eigenvalue weighted by Gasteiger charge is 2.40. The second kappa shape index (κ2) is 6.13. The molecule has 6 nitrogen and oxygen atoms in total. The fraction of sp³-hybridized carbons (Fsp3) is 0.308. The predicted octanol–water partition coefficient (Wildman–Crippen LogP) is 0.905. The Morgan fingerprint density at radius 3 is 2.75 bits per heavy atom. The number of hydrogen-bond donors (Lipinski definition) is 3. The maximum Gasteiger partial charge on any atom is 0.378 e. The molecule has 0 aliphatic carbocycles. The molecule has 0 spiro atoms. The third kappa shape index (κ3) is 2.87. The van der Waals surface area contributed by atoms with Crippen molar-refractivity contribution in [3.8, 4) is 0 Å². The minimum atomic E-state index is -1.37. The van der Waals surface area contributed by atoms with Crippen LogP contribution in [0.1, 0.15) is 5.56 Å². The molecule has 7 heteroatoms. The fourth-order valence-corrected chi connectivity index (χ4v) is 1.92. The van der Waals surface area contributed by atoms with E-state index < -0.39 is 30.5 Å². The third-order valence-electron chi connectivity index (χ3n) is 2.80. The van der Waals surface area contributed by atoms with Crippen LogP contribution < -0.4 is 0 Å². The lowest BCUT2D eigenvalue weighted by Gasteiger charge is -2.18. The van der Waals surface area contributed by atoms with Gasteiger partial charge in [0.2, 0.25) is 5.76 Å². The summed E-state index contributed by atoms with van der Waals surface area (Å²) >= 11 is 5.95. The van der Waals surface area contributed by atoms with Crippen molar-refractivity contribution >= 4 is 17.6 Å². The van der Waals surface area contributed by atoms with Gasteiger partial charge in [0.15, 0.2) is 11.9 Å². The standard InChI is InChI=1S/C13H13ClO6/c14-8-4-2-1-3-7(8)6-19-12-10(17)13(18)20-11(12)9(16)5-15/h1-4,9,11,15-17H,5-6H2/t9-,11+/m0/s1.